The van der Waals surface area contributed by atoms with E-state index in [0.29, 0.717) is 6.04 Å². The molecule has 1 heterocycles. The van der Waals surface area contributed by atoms with Crippen LogP contribution in [-0.2, 0) is 0 Å². The molecule has 3 nitrogen and oxygen atoms in total. The molecule has 3 heteroatoms. The van der Waals surface area contributed by atoms with Crippen LogP contribution in [0.4, 0.5) is 5.82 Å². The Balaban J connectivity index is 2.61. The lowest BCUT2D eigenvalue weighted by Crippen LogP contribution is -2.20. The maximum atomic E-state index is 4.47. The molecule has 0 saturated heterocycles. The van der Waals surface area contributed by atoms with E-state index in [9.17, 15) is 0 Å². The molecule has 0 aromatic carbocycles. The summed E-state index contributed by atoms with van der Waals surface area (Å²) in [6.45, 7) is 10.7. The monoisotopic (exact) mass is 221 g/mol. The second kappa shape index (κ2) is 5.83. The highest BCUT2D eigenvalue weighted by atomic mass is 15.0. The van der Waals surface area contributed by atoms with Crippen LogP contribution in [0.25, 0.3) is 0 Å². The molecule has 0 aliphatic heterocycles. The highest BCUT2D eigenvalue weighted by molar-refractivity contribution is 5.40. The summed E-state index contributed by atoms with van der Waals surface area (Å²) in [5, 5.41) is 3.44. The van der Waals surface area contributed by atoms with Crippen molar-refractivity contribution in [2.24, 2.45) is 5.92 Å². The van der Waals surface area contributed by atoms with Crippen LogP contribution in [0.5, 0.6) is 0 Å². The number of anilines is 1. The summed E-state index contributed by atoms with van der Waals surface area (Å²) >= 11 is 0. The fraction of sp³-hybridized carbons (Fsp3) is 0.692. The summed E-state index contributed by atoms with van der Waals surface area (Å²) in [5.41, 5.74) is 1.94. The van der Waals surface area contributed by atoms with E-state index < -0.39 is 0 Å². The Morgan fingerprint density at radius 3 is 2.62 bits per heavy atom. The van der Waals surface area contributed by atoms with Crippen LogP contribution in [0.2, 0.25) is 0 Å². The van der Waals surface area contributed by atoms with Gasteiger partial charge in [0.05, 0.1) is 11.4 Å². The van der Waals surface area contributed by atoms with E-state index in [0.717, 1.165) is 23.1 Å². The molecule has 0 aliphatic carbocycles. The molecule has 1 rings (SSSR count). The van der Waals surface area contributed by atoms with Crippen molar-refractivity contribution in [2.75, 3.05) is 5.32 Å². The first-order valence-corrected chi connectivity index (χ1v) is 6.09. The molecule has 0 saturated carbocycles. The van der Waals surface area contributed by atoms with Gasteiger partial charge in [-0.2, -0.15) is 0 Å². The maximum absolute atomic E-state index is 4.47. The van der Waals surface area contributed by atoms with Gasteiger partial charge < -0.3 is 5.32 Å². The van der Waals surface area contributed by atoms with Crippen molar-refractivity contribution in [3.63, 3.8) is 0 Å². The van der Waals surface area contributed by atoms with Crippen molar-refractivity contribution in [2.45, 2.75) is 53.5 Å². The topological polar surface area (TPSA) is 37.8 Å². The predicted octanol–water partition coefficient (Wildman–Crippen LogP) is 3.33. The Hall–Kier alpha value is -1.12. The summed E-state index contributed by atoms with van der Waals surface area (Å²) in [7, 11) is 0. The van der Waals surface area contributed by atoms with Gasteiger partial charge in [-0.3, -0.25) is 4.98 Å². The van der Waals surface area contributed by atoms with Gasteiger partial charge in [-0.15, -0.1) is 0 Å². The minimum atomic E-state index is 0.449. The van der Waals surface area contributed by atoms with E-state index in [4.69, 9.17) is 0 Å². The number of rotatable bonds is 5. The lowest BCUT2D eigenvalue weighted by Gasteiger charge is -2.19. The first-order valence-electron chi connectivity index (χ1n) is 6.09. The number of hydrogen-bond acceptors (Lipinski definition) is 3. The highest BCUT2D eigenvalue weighted by Gasteiger charge is 2.09. The molecule has 0 amide bonds. The summed E-state index contributed by atoms with van der Waals surface area (Å²) in [6.07, 6.45) is 4.20. The zero-order chi connectivity index (χ0) is 12.1. The summed E-state index contributed by atoms with van der Waals surface area (Å²) in [5.74, 6) is 1.68. The van der Waals surface area contributed by atoms with Crippen molar-refractivity contribution in [3.8, 4) is 0 Å². The largest absolute Gasteiger partial charge is 0.366 e. The zero-order valence-corrected chi connectivity index (χ0v) is 11.0. The van der Waals surface area contributed by atoms with Crippen molar-refractivity contribution in [1.82, 2.24) is 9.97 Å². The highest BCUT2D eigenvalue weighted by Crippen LogP contribution is 2.15. The van der Waals surface area contributed by atoms with Crippen LogP contribution >= 0.6 is 0 Å². The van der Waals surface area contributed by atoms with Gasteiger partial charge in [0.2, 0.25) is 0 Å². The average molecular weight is 221 g/mol. The molecule has 0 fully saturated rings. The van der Waals surface area contributed by atoms with Crippen LogP contribution in [0, 0.1) is 19.8 Å². The third-order valence-electron chi connectivity index (χ3n) is 2.91. The Kier molecular flexibility index (Phi) is 4.71. The standard InChI is InChI=1S/C13H23N3/c1-6-9(2)7-10(3)15-13-12(5)14-8-11(4)16-13/h8-10H,6-7H2,1-5H3,(H,15,16). The van der Waals surface area contributed by atoms with Crippen LogP contribution in [0.1, 0.15) is 45.0 Å². The van der Waals surface area contributed by atoms with E-state index in [1.54, 1.807) is 6.20 Å². The lowest BCUT2D eigenvalue weighted by molar-refractivity contribution is 0.483. The Morgan fingerprint density at radius 2 is 2.00 bits per heavy atom. The molecule has 0 spiro atoms. The van der Waals surface area contributed by atoms with Gasteiger partial charge in [0.15, 0.2) is 0 Å². The molecule has 2 atom stereocenters. The third-order valence-corrected chi connectivity index (χ3v) is 2.91. The van der Waals surface area contributed by atoms with Gasteiger partial charge in [-0.05, 0) is 33.1 Å². The smallest absolute Gasteiger partial charge is 0.147 e. The number of aromatic nitrogens is 2. The fourth-order valence-electron chi connectivity index (χ4n) is 1.74. The third kappa shape index (κ3) is 3.80. The first-order chi connectivity index (χ1) is 7.52. The second-order valence-corrected chi connectivity index (χ2v) is 4.74. The number of nitrogens with zero attached hydrogens (tertiary/aromatic N) is 2. The van der Waals surface area contributed by atoms with Crippen LogP contribution < -0.4 is 5.32 Å². The molecule has 0 aliphatic rings. The second-order valence-electron chi connectivity index (χ2n) is 4.74. The van der Waals surface area contributed by atoms with E-state index in [-0.39, 0.29) is 0 Å². The summed E-state index contributed by atoms with van der Waals surface area (Å²) in [6, 6.07) is 0.449. The molecular formula is C13H23N3. The fourth-order valence-corrected chi connectivity index (χ4v) is 1.74. The molecule has 0 bridgehead atoms. The zero-order valence-electron chi connectivity index (χ0n) is 11.0. The molecule has 1 aromatic rings. The van der Waals surface area contributed by atoms with Crippen molar-refractivity contribution < 1.29 is 0 Å². The minimum absolute atomic E-state index is 0.449. The van der Waals surface area contributed by atoms with Gasteiger partial charge in [-0.1, -0.05) is 20.3 Å². The number of hydrogen-bond donors (Lipinski definition) is 1. The van der Waals surface area contributed by atoms with Gasteiger partial charge >= 0.3 is 0 Å². The van der Waals surface area contributed by atoms with E-state index >= 15 is 0 Å². The summed E-state index contributed by atoms with van der Waals surface area (Å²) in [4.78, 5) is 8.78. The predicted molar refractivity (Wildman–Crippen MR) is 68.7 cm³/mol. The van der Waals surface area contributed by atoms with Gasteiger partial charge in [0, 0.05) is 12.2 Å². The van der Waals surface area contributed by atoms with E-state index in [1.807, 2.05) is 13.8 Å². The quantitative estimate of drug-likeness (QED) is 0.828. The molecule has 1 aromatic heterocycles. The van der Waals surface area contributed by atoms with Gasteiger partial charge in [-0.25, -0.2) is 4.98 Å². The van der Waals surface area contributed by atoms with Crippen LogP contribution in [0.15, 0.2) is 6.20 Å². The van der Waals surface area contributed by atoms with Crippen molar-refractivity contribution >= 4 is 5.82 Å². The Morgan fingerprint density at radius 1 is 1.31 bits per heavy atom. The Labute approximate surface area is 98.7 Å². The lowest BCUT2D eigenvalue weighted by atomic mass is 10.0. The number of nitrogens with one attached hydrogen (secondary N) is 1. The molecule has 2 unspecified atom stereocenters. The van der Waals surface area contributed by atoms with Crippen LogP contribution in [0.3, 0.4) is 0 Å². The maximum Gasteiger partial charge on any atom is 0.147 e. The SMILES string of the molecule is CCC(C)CC(C)Nc1nc(C)cnc1C. The number of aryl methyl sites for hydroxylation is 2. The van der Waals surface area contributed by atoms with Gasteiger partial charge in [0.1, 0.15) is 5.82 Å². The van der Waals surface area contributed by atoms with Gasteiger partial charge in [0.25, 0.3) is 0 Å². The summed E-state index contributed by atoms with van der Waals surface area (Å²) < 4.78 is 0. The first kappa shape index (κ1) is 12.9. The minimum Gasteiger partial charge on any atom is -0.366 e. The van der Waals surface area contributed by atoms with Crippen molar-refractivity contribution in [3.05, 3.63) is 17.6 Å². The van der Waals surface area contributed by atoms with E-state index in [1.165, 1.54) is 12.8 Å². The molecular weight excluding hydrogens is 198 g/mol. The molecule has 90 valence electrons. The molecule has 0 radical (unpaired) electrons. The molecule has 1 N–H and O–H groups in total. The van der Waals surface area contributed by atoms with Crippen LogP contribution in [-0.4, -0.2) is 16.0 Å². The molecule has 16 heavy (non-hydrogen) atoms. The normalized spacial score (nSPS) is 14.6. The van der Waals surface area contributed by atoms with Crippen molar-refractivity contribution in [1.29, 1.82) is 0 Å². The van der Waals surface area contributed by atoms with E-state index in [2.05, 4.69) is 36.1 Å². The average Bonchev–Trinajstić information content (AvgIpc) is 2.23. The Bertz CT molecular complexity index is 336.